The van der Waals surface area contributed by atoms with Crippen molar-refractivity contribution in [2.24, 2.45) is 0 Å². The van der Waals surface area contributed by atoms with Gasteiger partial charge in [-0.1, -0.05) is 36.5 Å². The Kier molecular flexibility index (Phi) is 5.62. The Balaban J connectivity index is 1.77. The van der Waals surface area contributed by atoms with E-state index < -0.39 is 10.0 Å². The normalized spacial score (nSPS) is 12.5. The van der Waals surface area contributed by atoms with Gasteiger partial charge in [-0.25, -0.2) is 18.2 Å². The van der Waals surface area contributed by atoms with Gasteiger partial charge in [-0.2, -0.15) is 0 Å². The number of aromatic nitrogens is 1. The van der Waals surface area contributed by atoms with E-state index in [1.807, 2.05) is 13.8 Å². The number of hydrogen-bond donors (Lipinski definition) is 3. The lowest BCUT2D eigenvalue weighted by molar-refractivity contribution is 0.249. The number of sulfonamides is 1. The number of anilines is 2. The van der Waals surface area contributed by atoms with Gasteiger partial charge in [0, 0.05) is 11.7 Å². The van der Waals surface area contributed by atoms with Gasteiger partial charge in [0.2, 0.25) is 0 Å². The summed E-state index contributed by atoms with van der Waals surface area (Å²) in [6, 6.07) is 13.2. The van der Waals surface area contributed by atoms with Crippen LogP contribution in [0.5, 0.6) is 0 Å². The molecule has 0 aliphatic carbocycles. The molecule has 0 saturated heterocycles. The SMILES string of the molecule is CC[C@H](C)NC(=O)Nc1ccc2nc(NS(=O)(=O)c3ccccc3)sc2c1. The van der Waals surface area contributed by atoms with E-state index in [1.165, 1.54) is 23.5 Å². The number of carbonyl (C=O) groups excluding carboxylic acids is 1. The zero-order valence-corrected chi connectivity index (χ0v) is 16.5. The van der Waals surface area contributed by atoms with E-state index in [0.29, 0.717) is 11.2 Å². The minimum Gasteiger partial charge on any atom is -0.335 e. The number of rotatable bonds is 6. The molecule has 1 heterocycles. The van der Waals surface area contributed by atoms with E-state index >= 15 is 0 Å². The van der Waals surface area contributed by atoms with Gasteiger partial charge in [-0.05, 0) is 43.7 Å². The molecule has 9 heteroatoms. The predicted octanol–water partition coefficient (Wildman–Crippen LogP) is 4.02. The third-order valence-electron chi connectivity index (χ3n) is 3.91. The van der Waals surface area contributed by atoms with Gasteiger partial charge >= 0.3 is 6.03 Å². The Morgan fingerprint density at radius 1 is 1.19 bits per heavy atom. The Bertz CT molecular complexity index is 1050. The number of nitrogens with zero attached hydrogens (tertiary/aromatic N) is 1. The number of thiazole rings is 1. The molecular formula is C18H20N4O3S2. The number of urea groups is 1. The van der Waals surface area contributed by atoms with Crippen LogP contribution in [0.3, 0.4) is 0 Å². The summed E-state index contributed by atoms with van der Waals surface area (Å²) in [5, 5.41) is 5.87. The fourth-order valence-electron chi connectivity index (χ4n) is 2.31. The largest absolute Gasteiger partial charge is 0.335 e. The Morgan fingerprint density at radius 2 is 1.93 bits per heavy atom. The van der Waals surface area contributed by atoms with Crippen LogP contribution < -0.4 is 15.4 Å². The maximum absolute atomic E-state index is 12.4. The van der Waals surface area contributed by atoms with Gasteiger partial charge in [0.15, 0.2) is 5.13 Å². The highest BCUT2D eigenvalue weighted by molar-refractivity contribution is 7.93. The molecule has 0 fully saturated rings. The zero-order valence-electron chi connectivity index (χ0n) is 14.9. The van der Waals surface area contributed by atoms with E-state index in [2.05, 4.69) is 20.3 Å². The number of benzene rings is 2. The Labute approximate surface area is 161 Å². The first-order valence-corrected chi connectivity index (χ1v) is 10.7. The van der Waals surface area contributed by atoms with Gasteiger partial charge in [-0.3, -0.25) is 4.72 Å². The molecule has 0 saturated carbocycles. The molecule has 3 aromatic rings. The first kappa shape index (κ1) is 19.1. The second-order valence-electron chi connectivity index (χ2n) is 6.03. The second kappa shape index (κ2) is 7.93. The molecule has 27 heavy (non-hydrogen) atoms. The lowest BCUT2D eigenvalue weighted by Gasteiger charge is -2.12. The van der Waals surface area contributed by atoms with Crippen LogP contribution in [-0.2, 0) is 10.0 Å². The van der Waals surface area contributed by atoms with Gasteiger partial charge in [-0.15, -0.1) is 0 Å². The molecule has 0 bridgehead atoms. The summed E-state index contributed by atoms with van der Waals surface area (Å²) in [6.45, 7) is 3.92. The second-order valence-corrected chi connectivity index (χ2v) is 8.74. The Hall–Kier alpha value is -2.65. The van der Waals surface area contributed by atoms with Crippen LogP contribution in [0.4, 0.5) is 15.6 Å². The summed E-state index contributed by atoms with van der Waals surface area (Å²) in [7, 11) is -3.69. The monoisotopic (exact) mass is 404 g/mol. The van der Waals surface area contributed by atoms with Crippen molar-refractivity contribution < 1.29 is 13.2 Å². The van der Waals surface area contributed by atoms with Crippen LogP contribution in [0, 0.1) is 0 Å². The highest BCUT2D eigenvalue weighted by Crippen LogP contribution is 2.29. The highest BCUT2D eigenvalue weighted by atomic mass is 32.2. The molecule has 142 valence electrons. The third-order valence-corrected chi connectivity index (χ3v) is 6.33. The summed E-state index contributed by atoms with van der Waals surface area (Å²) >= 11 is 1.21. The lowest BCUT2D eigenvalue weighted by Crippen LogP contribution is -2.35. The molecule has 0 unspecified atom stereocenters. The zero-order chi connectivity index (χ0) is 19.4. The summed E-state index contributed by atoms with van der Waals surface area (Å²) < 4.78 is 28.1. The van der Waals surface area contributed by atoms with Gasteiger partial charge in [0.05, 0.1) is 15.1 Å². The molecule has 1 atom stereocenters. The molecule has 0 aliphatic rings. The van der Waals surface area contributed by atoms with E-state index in [1.54, 1.807) is 36.4 Å². The van der Waals surface area contributed by atoms with Gasteiger partial charge < -0.3 is 10.6 Å². The van der Waals surface area contributed by atoms with Crippen LogP contribution in [0.25, 0.3) is 10.2 Å². The van der Waals surface area contributed by atoms with Gasteiger partial charge in [0.25, 0.3) is 10.0 Å². The lowest BCUT2D eigenvalue weighted by atomic mass is 10.2. The number of fused-ring (bicyclic) bond motifs is 1. The standard InChI is InChI=1S/C18H20N4O3S2/c1-3-12(2)19-17(23)20-13-9-10-15-16(11-13)26-18(21-15)22-27(24,25)14-7-5-4-6-8-14/h4-12H,3H2,1-2H3,(H,21,22)(H2,19,20,23)/t12-/m0/s1. The molecule has 0 aliphatic heterocycles. The molecule has 3 rings (SSSR count). The first-order chi connectivity index (χ1) is 12.9. The van der Waals surface area contributed by atoms with Crippen molar-refractivity contribution >= 4 is 48.4 Å². The average molecular weight is 405 g/mol. The molecule has 3 N–H and O–H groups in total. The molecule has 0 radical (unpaired) electrons. The smallest absolute Gasteiger partial charge is 0.319 e. The highest BCUT2D eigenvalue weighted by Gasteiger charge is 2.16. The van der Waals surface area contributed by atoms with E-state index in [4.69, 9.17) is 0 Å². The van der Waals surface area contributed by atoms with Crippen LogP contribution in [0.1, 0.15) is 20.3 Å². The van der Waals surface area contributed by atoms with Crippen LogP contribution in [0.2, 0.25) is 0 Å². The summed E-state index contributed by atoms with van der Waals surface area (Å²) in [5.41, 5.74) is 1.27. The van der Waals surface area contributed by atoms with Crippen LogP contribution >= 0.6 is 11.3 Å². The van der Waals surface area contributed by atoms with Crippen molar-refractivity contribution in [2.45, 2.75) is 31.2 Å². The molecule has 0 spiro atoms. The number of amides is 2. The summed E-state index contributed by atoms with van der Waals surface area (Å²) in [5.74, 6) is 0. The Morgan fingerprint density at radius 3 is 2.63 bits per heavy atom. The molecular weight excluding hydrogens is 384 g/mol. The van der Waals surface area contributed by atoms with Crippen molar-refractivity contribution in [3.05, 3.63) is 48.5 Å². The number of nitrogens with one attached hydrogen (secondary N) is 3. The maximum Gasteiger partial charge on any atom is 0.319 e. The predicted molar refractivity (Wildman–Crippen MR) is 109 cm³/mol. The average Bonchev–Trinajstić information content (AvgIpc) is 3.02. The maximum atomic E-state index is 12.4. The fourth-order valence-corrected chi connectivity index (χ4v) is 4.47. The van der Waals surface area contributed by atoms with Crippen molar-refractivity contribution in [3.63, 3.8) is 0 Å². The van der Waals surface area contributed by atoms with Gasteiger partial charge in [0.1, 0.15) is 0 Å². The summed E-state index contributed by atoms with van der Waals surface area (Å²) in [6.07, 6.45) is 0.840. The van der Waals surface area contributed by atoms with E-state index in [-0.39, 0.29) is 22.1 Å². The molecule has 1 aromatic heterocycles. The minimum absolute atomic E-state index is 0.0798. The summed E-state index contributed by atoms with van der Waals surface area (Å²) in [4.78, 5) is 16.4. The van der Waals surface area contributed by atoms with E-state index in [0.717, 1.165) is 11.1 Å². The molecule has 2 amide bonds. The topological polar surface area (TPSA) is 100 Å². The van der Waals surface area contributed by atoms with Crippen molar-refractivity contribution in [3.8, 4) is 0 Å². The van der Waals surface area contributed by atoms with Crippen molar-refractivity contribution in [2.75, 3.05) is 10.0 Å². The first-order valence-electron chi connectivity index (χ1n) is 8.43. The third kappa shape index (κ3) is 4.75. The van der Waals surface area contributed by atoms with E-state index in [9.17, 15) is 13.2 Å². The van der Waals surface area contributed by atoms with Crippen molar-refractivity contribution in [1.29, 1.82) is 0 Å². The number of hydrogen-bond acceptors (Lipinski definition) is 5. The fraction of sp³-hybridized carbons (Fsp3) is 0.222. The van der Waals surface area contributed by atoms with Crippen LogP contribution in [0.15, 0.2) is 53.4 Å². The quantitative estimate of drug-likeness (QED) is 0.578. The molecule has 2 aromatic carbocycles. The minimum atomic E-state index is -3.69. The van der Waals surface area contributed by atoms with Crippen molar-refractivity contribution in [1.82, 2.24) is 10.3 Å². The van der Waals surface area contributed by atoms with Crippen LogP contribution in [-0.4, -0.2) is 25.5 Å². The number of carbonyl (C=O) groups is 1. The molecule has 7 nitrogen and oxygen atoms in total.